The summed E-state index contributed by atoms with van der Waals surface area (Å²) >= 11 is 12.1. The van der Waals surface area contributed by atoms with E-state index in [2.05, 4.69) is 19.2 Å². The molecule has 0 bridgehead atoms. The monoisotopic (exact) mass is 377 g/mol. The number of halogens is 2. The van der Waals surface area contributed by atoms with Crippen LogP contribution in [0.25, 0.3) is 0 Å². The third kappa shape index (κ3) is 4.03. The van der Waals surface area contributed by atoms with Crippen molar-refractivity contribution in [2.24, 2.45) is 5.92 Å². The van der Waals surface area contributed by atoms with Gasteiger partial charge in [0.05, 0.1) is 5.60 Å². The number of benzene rings is 2. The van der Waals surface area contributed by atoms with E-state index in [-0.39, 0.29) is 18.0 Å². The van der Waals surface area contributed by atoms with Crippen LogP contribution >= 0.6 is 23.2 Å². The molecular formula is C21H25Cl2NO. The first-order valence-corrected chi connectivity index (χ1v) is 9.68. The molecule has 2 aromatic carbocycles. The predicted molar refractivity (Wildman–Crippen MR) is 105 cm³/mol. The number of nitrogens with one attached hydrogen (secondary N) is 1. The fourth-order valence-corrected chi connectivity index (χ4v) is 4.25. The van der Waals surface area contributed by atoms with Crippen LogP contribution in [-0.2, 0) is 0 Å². The molecule has 1 heterocycles. The quantitative estimate of drug-likeness (QED) is 0.690. The van der Waals surface area contributed by atoms with E-state index in [4.69, 9.17) is 23.2 Å². The van der Waals surface area contributed by atoms with E-state index in [1.807, 2.05) is 48.5 Å². The first-order valence-electron chi connectivity index (χ1n) is 8.92. The Morgan fingerprint density at radius 3 is 2.04 bits per heavy atom. The van der Waals surface area contributed by atoms with Crippen LogP contribution in [0.4, 0.5) is 0 Å². The summed E-state index contributed by atoms with van der Waals surface area (Å²) in [6.07, 6.45) is 2.46. The zero-order valence-corrected chi connectivity index (χ0v) is 16.2. The zero-order chi connectivity index (χ0) is 18.0. The van der Waals surface area contributed by atoms with Gasteiger partial charge in [-0.25, -0.2) is 0 Å². The Balaban J connectivity index is 1.95. The zero-order valence-electron chi connectivity index (χ0n) is 14.7. The largest absolute Gasteiger partial charge is 0.389 e. The van der Waals surface area contributed by atoms with Crippen LogP contribution in [0.15, 0.2) is 48.5 Å². The number of aliphatic hydroxyl groups is 1. The molecule has 0 saturated carbocycles. The third-order valence-electron chi connectivity index (χ3n) is 5.47. The molecule has 0 aromatic heterocycles. The van der Waals surface area contributed by atoms with E-state index in [0.29, 0.717) is 6.42 Å². The van der Waals surface area contributed by atoms with Gasteiger partial charge in [0.1, 0.15) is 0 Å². The lowest BCUT2D eigenvalue weighted by Gasteiger charge is -2.48. The molecule has 1 fully saturated rings. The highest BCUT2D eigenvalue weighted by atomic mass is 35.5. The van der Waals surface area contributed by atoms with Gasteiger partial charge in [0.2, 0.25) is 0 Å². The first-order chi connectivity index (χ1) is 11.9. The molecule has 0 radical (unpaired) electrons. The highest BCUT2D eigenvalue weighted by Crippen LogP contribution is 2.45. The van der Waals surface area contributed by atoms with Crippen LogP contribution in [0.5, 0.6) is 0 Å². The summed E-state index contributed by atoms with van der Waals surface area (Å²) in [6, 6.07) is 16.0. The summed E-state index contributed by atoms with van der Waals surface area (Å²) < 4.78 is 0. The molecule has 0 aliphatic carbocycles. The molecule has 1 aliphatic rings. The van der Waals surface area contributed by atoms with Gasteiger partial charge < -0.3 is 10.4 Å². The van der Waals surface area contributed by atoms with Gasteiger partial charge in [0, 0.05) is 28.0 Å². The topological polar surface area (TPSA) is 32.3 Å². The molecule has 2 aromatic rings. The molecular weight excluding hydrogens is 353 g/mol. The summed E-state index contributed by atoms with van der Waals surface area (Å²) in [4.78, 5) is 0. The average molecular weight is 378 g/mol. The van der Waals surface area contributed by atoms with Crippen molar-refractivity contribution in [3.63, 3.8) is 0 Å². The minimum atomic E-state index is -0.700. The van der Waals surface area contributed by atoms with Crippen molar-refractivity contribution in [1.82, 2.24) is 5.32 Å². The molecule has 3 rings (SSSR count). The molecule has 1 aliphatic heterocycles. The van der Waals surface area contributed by atoms with Gasteiger partial charge in [-0.2, -0.15) is 0 Å². The van der Waals surface area contributed by atoms with E-state index in [1.165, 1.54) is 0 Å². The Morgan fingerprint density at radius 2 is 1.52 bits per heavy atom. The van der Waals surface area contributed by atoms with Gasteiger partial charge in [-0.3, -0.25) is 0 Å². The van der Waals surface area contributed by atoms with E-state index in [9.17, 15) is 5.11 Å². The van der Waals surface area contributed by atoms with Gasteiger partial charge in [-0.1, -0.05) is 67.7 Å². The second-order valence-electron chi connectivity index (χ2n) is 7.15. The minimum absolute atomic E-state index is 0.0724. The van der Waals surface area contributed by atoms with Crippen molar-refractivity contribution in [2.45, 2.75) is 50.8 Å². The average Bonchev–Trinajstić information content (AvgIpc) is 2.59. The molecule has 4 heteroatoms. The maximum absolute atomic E-state index is 11.4. The molecule has 2 N–H and O–H groups in total. The van der Waals surface area contributed by atoms with Crippen molar-refractivity contribution in [1.29, 1.82) is 0 Å². The van der Waals surface area contributed by atoms with Gasteiger partial charge >= 0.3 is 0 Å². The van der Waals surface area contributed by atoms with E-state index < -0.39 is 5.60 Å². The van der Waals surface area contributed by atoms with Crippen molar-refractivity contribution in [3.05, 3.63) is 69.7 Å². The second-order valence-corrected chi connectivity index (χ2v) is 8.02. The van der Waals surface area contributed by atoms with Crippen LogP contribution in [0.1, 0.15) is 56.3 Å². The van der Waals surface area contributed by atoms with Gasteiger partial charge in [-0.15, -0.1) is 0 Å². The maximum atomic E-state index is 11.4. The van der Waals surface area contributed by atoms with Crippen LogP contribution < -0.4 is 5.32 Å². The van der Waals surface area contributed by atoms with Crippen LogP contribution in [0.3, 0.4) is 0 Å². The van der Waals surface area contributed by atoms with E-state index in [0.717, 1.165) is 34.0 Å². The summed E-state index contributed by atoms with van der Waals surface area (Å²) in [5, 5.41) is 16.6. The third-order valence-corrected chi connectivity index (χ3v) is 5.97. The van der Waals surface area contributed by atoms with Gasteiger partial charge in [-0.05, 0) is 48.2 Å². The Hall–Kier alpha value is -1.06. The Bertz CT molecular complexity index is 701. The number of hydrogen-bond acceptors (Lipinski definition) is 2. The fraction of sp³-hybridized carbons (Fsp3) is 0.429. The Morgan fingerprint density at radius 1 is 1.00 bits per heavy atom. The van der Waals surface area contributed by atoms with Crippen molar-refractivity contribution in [2.75, 3.05) is 0 Å². The van der Waals surface area contributed by atoms with Crippen molar-refractivity contribution >= 4 is 23.2 Å². The van der Waals surface area contributed by atoms with Crippen molar-refractivity contribution in [3.8, 4) is 0 Å². The molecule has 0 unspecified atom stereocenters. The Kier molecular flexibility index (Phi) is 5.75. The molecule has 4 atom stereocenters. The fourth-order valence-electron chi connectivity index (χ4n) is 4.00. The van der Waals surface area contributed by atoms with E-state index in [1.54, 1.807) is 0 Å². The molecule has 0 amide bonds. The SMILES string of the molecule is CCC[C@@]1(O)C[C@@H](c2ccc(Cl)cc2)N[C@@H](c2ccc(Cl)cc2)[C@@H]1C. The first kappa shape index (κ1) is 18.7. The molecule has 2 nitrogen and oxygen atoms in total. The summed E-state index contributed by atoms with van der Waals surface area (Å²) in [5.41, 5.74) is 1.61. The van der Waals surface area contributed by atoms with Crippen LogP contribution in [0.2, 0.25) is 10.0 Å². The Labute approximate surface area is 160 Å². The van der Waals surface area contributed by atoms with Crippen LogP contribution in [-0.4, -0.2) is 10.7 Å². The number of rotatable bonds is 4. The van der Waals surface area contributed by atoms with E-state index >= 15 is 0 Å². The molecule has 1 saturated heterocycles. The highest BCUT2D eigenvalue weighted by molar-refractivity contribution is 6.30. The molecule has 134 valence electrons. The number of hydrogen-bond donors (Lipinski definition) is 2. The predicted octanol–water partition coefficient (Wildman–Crippen LogP) is 5.94. The molecule has 0 spiro atoms. The maximum Gasteiger partial charge on any atom is 0.0709 e. The van der Waals surface area contributed by atoms with Gasteiger partial charge in [0.25, 0.3) is 0 Å². The summed E-state index contributed by atoms with van der Waals surface area (Å²) in [5.74, 6) is 0.108. The minimum Gasteiger partial charge on any atom is -0.389 e. The summed E-state index contributed by atoms with van der Waals surface area (Å²) in [7, 11) is 0. The lowest BCUT2D eigenvalue weighted by Crippen LogP contribution is -2.52. The van der Waals surface area contributed by atoms with Crippen molar-refractivity contribution < 1.29 is 5.11 Å². The molecule has 25 heavy (non-hydrogen) atoms. The smallest absolute Gasteiger partial charge is 0.0709 e. The number of piperidine rings is 1. The van der Waals surface area contributed by atoms with Gasteiger partial charge in [0.15, 0.2) is 0 Å². The second kappa shape index (κ2) is 7.67. The lowest BCUT2D eigenvalue weighted by molar-refractivity contribution is -0.0743. The standard InChI is InChI=1S/C21H25Cl2NO/c1-3-12-21(25)13-19(15-4-8-17(22)9-5-15)24-20(14(21)2)16-6-10-18(23)11-7-16/h4-11,14,19-20,24-25H,3,12-13H2,1-2H3/t14-,19-,20+,21+/m0/s1. The highest BCUT2D eigenvalue weighted by Gasteiger charge is 2.45. The summed E-state index contributed by atoms with van der Waals surface area (Å²) in [6.45, 7) is 4.27. The normalized spacial score (nSPS) is 29.6. The lowest BCUT2D eigenvalue weighted by atomic mass is 9.70. The van der Waals surface area contributed by atoms with Crippen LogP contribution in [0, 0.1) is 5.92 Å².